The molecule has 1 aliphatic rings. The van der Waals surface area contributed by atoms with Crippen LogP contribution in [0.5, 0.6) is 0 Å². The molecule has 0 radical (unpaired) electrons. The van der Waals surface area contributed by atoms with Crippen molar-refractivity contribution in [2.45, 2.75) is 38.3 Å². The Morgan fingerprint density at radius 2 is 2.20 bits per heavy atom. The third-order valence-electron chi connectivity index (χ3n) is 3.83. The molecule has 1 heterocycles. The standard InChI is InChI=1S/C16H26FN3/c1-12(18)9-13-6-7-16(15(17)10-13)20-8-4-5-14(20)11-19(2)3/h6-7,10,12,14H,4-5,8-9,11,18H2,1-3H3. The van der Waals surface area contributed by atoms with Gasteiger partial charge in [0, 0.05) is 25.2 Å². The summed E-state index contributed by atoms with van der Waals surface area (Å²) in [5.74, 6) is -0.117. The van der Waals surface area contributed by atoms with E-state index in [1.165, 1.54) is 0 Å². The quantitative estimate of drug-likeness (QED) is 0.897. The van der Waals surface area contributed by atoms with Crippen LogP contribution >= 0.6 is 0 Å². The summed E-state index contributed by atoms with van der Waals surface area (Å²) < 4.78 is 14.4. The van der Waals surface area contributed by atoms with Gasteiger partial charge in [-0.1, -0.05) is 6.07 Å². The monoisotopic (exact) mass is 279 g/mol. The van der Waals surface area contributed by atoms with Crippen LogP contribution in [0.1, 0.15) is 25.3 Å². The highest BCUT2D eigenvalue weighted by atomic mass is 19.1. The van der Waals surface area contributed by atoms with Crippen LogP contribution in [0.3, 0.4) is 0 Å². The number of nitrogens with zero attached hydrogens (tertiary/aromatic N) is 2. The lowest BCUT2D eigenvalue weighted by molar-refractivity contribution is 0.371. The number of benzene rings is 1. The molecule has 2 unspecified atom stereocenters. The predicted molar refractivity (Wildman–Crippen MR) is 82.7 cm³/mol. The molecule has 3 nitrogen and oxygen atoms in total. The average Bonchev–Trinajstić information content (AvgIpc) is 2.75. The highest BCUT2D eigenvalue weighted by Crippen LogP contribution is 2.29. The summed E-state index contributed by atoms with van der Waals surface area (Å²) in [7, 11) is 4.14. The molecule has 1 aromatic rings. The molecule has 4 heteroatoms. The van der Waals surface area contributed by atoms with Crippen molar-refractivity contribution in [2.75, 3.05) is 32.1 Å². The topological polar surface area (TPSA) is 32.5 Å². The maximum Gasteiger partial charge on any atom is 0.146 e. The minimum absolute atomic E-state index is 0.0635. The molecule has 20 heavy (non-hydrogen) atoms. The van der Waals surface area contributed by atoms with Crippen molar-refractivity contribution >= 4 is 5.69 Å². The van der Waals surface area contributed by atoms with Crippen LogP contribution in [0, 0.1) is 5.82 Å². The van der Waals surface area contributed by atoms with Crippen LogP contribution in [-0.2, 0) is 6.42 Å². The second-order valence-electron chi connectivity index (χ2n) is 6.22. The molecule has 0 saturated carbocycles. The SMILES string of the molecule is CC(N)Cc1ccc(N2CCCC2CN(C)C)c(F)c1. The van der Waals surface area contributed by atoms with E-state index in [0.29, 0.717) is 6.04 Å². The fraction of sp³-hybridized carbons (Fsp3) is 0.625. The van der Waals surface area contributed by atoms with Crippen LogP contribution < -0.4 is 10.6 Å². The second kappa shape index (κ2) is 6.55. The van der Waals surface area contributed by atoms with Crippen LogP contribution in [0.25, 0.3) is 0 Å². The number of halogens is 1. The van der Waals surface area contributed by atoms with E-state index in [9.17, 15) is 4.39 Å². The Hall–Kier alpha value is -1.13. The average molecular weight is 279 g/mol. The number of nitrogens with two attached hydrogens (primary N) is 1. The molecule has 0 aromatic heterocycles. The zero-order chi connectivity index (χ0) is 14.7. The van der Waals surface area contributed by atoms with Gasteiger partial charge >= 0.3 is 0 Å². The van der Waals surface area contributed by atoms with Gasteiger partial charge < -0.3 is 15.5 Å². The molecule has 2 rings (SSSR count). The minimum atomic E-state index is -0.117. The van der Waals surface area contributed by atoms with Crippen molar-refractivity contribution in [1.29, 1.82) is 0 Å². The Balaban J connectivity index is 2.15. The molecule has 0 aliphatic carbocycles. The van der Waals surface area contributed by atoms with Crippen molar-refractivity contribution < 1.29 is 4.39 Å². The van der Waals surface area contributed by atoms with Crippen molar-refractivity contribution in [3.8, 4) is 0 Å². The lowest BCUT2D eigenvalue weighted by Crippen LogP contribution is -2.38. The minimum Gasteiger partial charge on any atom is -0.365 e. The van der Waals surface area contributed by atoms with Crippen LogP contribution in [0.15, 0.2) is 18.2 Å². The van der Waals surface area contributed by atoms with Gasteiger partial charge in [-0.05, 0) is 58.0 Å². The molecule has 1 fully saturated rings. The van der Waals surface area contributed by atoms with Crippen LogP contribution in [-0.4, -0.2) is 44.2 Å². The third-order valence-corrected chi connectivity index (χ3v) is 3.83. The van der Waals surface area contributed by atoms with E-state index in [1.807, 2.05) is 19.1 Å². The van der Waals surface area contributed by atoms with Gasteiger partial charge in [0.2, 0.25) is 0 Å². The lowest BCUT2D eigenvalue weighted by atomic mass is 10.1. The van der Waals surface area contributed by atoms with Crippen LogP contribution in [0.4, 0.5) is 10.1 Å². The highest BCUT2D eigenvalue weighted by molar-refractivity contribution is 5.51. The van der Waals surface area contributed by atoms with E-state index in [-0.39, 0.29) is 11.9 Å². The summed E-state index contributed by atoms with van der Waals surface area (Å²) in [6.45, 7) is 3.86. The Kier molecular flexibility index (Phi) is 5.00. The molecule has 1 aliphatic heterocycles. The first-order valence-corrected chi connectivity index (χ1v) is 7.42. The summed E-state index contributed by atoms with van der Waals surface area (Å²) in [5, 5.41) is 0. The number of anilines is 1. The third kappa shape index (κ3) is 3.70. The van der Waals surface area contributed by atoms with Gasteiger partial charge in [0.15, 0.2) is 0 Å². The van der Waals surface area contributed by atoms with E-state index in [1.54, 1.807) is 6.07 Å². The predicted octanol–water partition coefficient (Wildman–Crippen LogP) is 2.25. The Labute approximate surface area is 121 Å². The zero-order valence-electron chi connectivity index (χ0n) is 12.8. The van der Waals surface area contributed by atoms with E-state index in [4.69, 9.17) is 5.73 Å². The molecule has 0 bridgehead atoms. The second-order valence-corrected chi connectivity index (χ2v) is 6.22. The number of rotatable bonds is 5. The van der Waals surface area contributed by atoms with Gasteiger partial charge in [-0.3, -0.25) is 0 Å². The van der Waals surface area contributed by atoms with Gasteiger partial charge in [-0.25, -0.2) is 4.39 Å². The first-order chi connectivity index (χ1) is 9.47. The maximum absolute atomic E-state index is 14.4. The molecular weight excluding hydrogens is 253 g/mol. The van der Waals surface area contributed by atoms with Gasteiger partial charge in [-0.15, -0.1) is 0 Å². The van der Waals surface area contributed by atoms with Crippen molar-refractivity contribution in [3.05, 3.63) is 29.6 Å². The first kappa shape index (κ1) is 15.3. The number of hydrogen-bond acceptors (Lipinski definition) is 3. The summed E-state index contributed by atoms with van der Waals surface area (Å²) in [6, 6.07) is 6.05. The maximum atomic E-state index is 14.4. The van der Waals surface area contributed by atoms with Crippen molar-refractivity contribution in [1.82, 2.24) is 4.90 Å². The fourth-order valence-corrected chi connectivity index (χ4v) is 3.05. The van der Waals surface area contributed by atoms with Crippen molar-refractivity contribution in [2.24, 2.45) is 5.73 Å². The van der Waals surface area contributed by atoms with Gasteiger partial charge in [0.05, 0.1) is 5.69 Å². The summed E-state index contributed by atoms with van der Waals surface area (Å²) in [6.07, 6.45) is 3.00. The lowest BCUT2D eigenvalue weighted by Gasteiger charge is -2.29. The summed E-state index contributed by atoms with van der Waals surface area (Å²) in [4.78, 5) is 4.39. The molecular formula is C16H26FN3. The Bertz CT molecular complexity index is 445. The first-order valence-electron chi connectivity index (χ1n) is 7.42. The normalized spacial score (nSPS) is 20.7. The fourth-order valence-electron chi connectivity index (χ4n) is 3.05. The molecule has 1 aromatic carbocycles. The summed E-state index contributed by atoms with van der Waals surface area (Å²) >= 11 is 0. The highest BCUT2D eigenvalue weighted by Gasteiger charge is 2.27. The van der Waals surface area contributed by atoms with Gasteiger partial charge in [-0.2, -0.15) is 0 Å². The van der Waals surface area contributed by atoms with E-state index in [0.717, 1.165) is 43.6 Å². The zero-order valence-corrected chi connectivity index (χ0v) is 12.8. The van der Waals surface area contributed by atoms with Gasteiger partial charge in [0.25, 0.3) is 0 Å². The number of hydrogen-bond donors (Lipinski definition) is 1. The summed E-state index contributed by atoms with van der Waals surface area (Å²) in [5.41, 5.74) is 7.49. The van der Waals surface area contributed by atoms with Crippen molar-refractivity contribution in [3.63, 3.8) is 0 Å². The van der Waals surface area contributed by atoms with Crippen LogP contribution in [0.2, 0.25) is 0 Å². The molecule has 1 saturated heterocycles. The molecule has 0 spiro atoms. The Morgan fingerprint density at radius 1 is 1.45 bits per heavy atom. The Morgan fingerprint density at radius 3 is 2.80 bits per heavy atom. The smallest absolute Gasteiger partial charge is 0.146 e. The van der Waals surface area contributed by atoms with E-state index in [2.05, 4.69) is 23.9 Å². The number of likely N-dealkylation sites (N-methyl/N-ethyl adjacent to an activating group) is 1. The molecule has 2 atom stereocenters. The van der Waals surface area contributed by atoms with Gasteiger partial charge in [0.1, 0.15) is 5.82 Å². The molecule has 2 N–H and O–H groups in total. The molecule has 112 valence electrons. The van der Waals surface area contributed by atoms with E-state index < -0.39 is 0 Å². The van der Waals surface area contributed by atoms with E-state index >= 15 is 0 Å². The largest absolute Gasteiger partial charge is 0.365 e. The molecule has 0 amide bonds.